The van der Waals surface area contributed by atoms with Gasteiger partial charge in [-0.3, -0.25) is 14.4 Å². The van der Waals surface area contributed by atoms with E-state index in [0.29, 0.717) is 42.6 Å². The number of allylic oxidation sites excluding steroid dienone is 6. The second-order valence-electron chi connectivity index (χ2n) is 12.8. The van der Waals surface area contributed by atoms with E-state index in [1.807, 2.05) is 62.4 Å². The number of benzene rings is 1. The minimum absolute atomic E-state index is 0.0992. The molecule has 1 aromatic rings. The van der Waals surface area contributed by atoms with Crippen LogP contribution >= 0.6 is 11.8 Å². The Morgan fingerprint density at radius 3 is 2.45 bits per heavy atom. The van der Waals surface area contributed by atoms with Crippen LogP contribution in [-0.2, 0) is 35.1 Å². The lowest BCUT2D eigenvalue weighted by Crippen LogP contribution is -2.43. The number of esters is 1. The van der Waals surface area contributed by atoms with Gasteiger partial charge < -0.3 is 30.5 Å². The summed E-state index contributed by atoms with van der Waals surface area (Å²) in [6, 6.07) is 3.00. The normalized spacial score (nSPS) is 27.6. The van der Waals surface area contributed by atoms with Gasteiger partial charge in [-0.1, -0.05) is 55.5 Å². The van der Waals surface area contributed by atoms with Crippen molar-refractivity contribution in [2.24, 2.45) is 5.92 Å². The molecule has 2 aliphatic heterocycles. The van der Waals surface area contributed by atoms with E-state index in [0.717, 1.165) is 35.3 Å². The summed E-state index contributed by atoms with van der Waals surface area (Å²) in [7, 11) is 1.55. The fraction of sp³-hybridized carbons (Fsp3) is 0.474. The molecule has 0 saturated heterocycles. The quantitative estimate of drug-likeness (QED) is 0.220. The van der Waals surface area contributed by atoms with Gasteiger partial charge in [-0.05, 0) is 75.6 Å². The van der Waals surface area contributed by atoms with Crippen LogP contribution in [0.25, 0.3) is 0 Å². The van der Waals surface area contributed by atoms with E-state index >= 15 is 0 Å². The van der Waals surface area contributed by atoms with Crippen LogP contribution in [0.1, 0.15) is 71.3 Å². The number of carbonyl (C=O) groups excluding carboxylic acids is 4. The van der Waals surface area contributed by atoms with Gasteiger partial charge in [-0.15, -0.1) is 11.8 Å². The van der Waals surface area contributed by atoms with Gasteiger partial charge in [-0.25, -0.2) is 4.79 Å². The Labute approximate surface area is 293 Å². The van der Waals surface area contributed by atoms with Gasteiger partial charge in [0, 0.05) is 25.0 Å². The average Bonchev–Trinajstić information content (AvgIpc) is 3.09. The molecular formula is C38H49N3O7S. The Bertz CT molecular complexity index is 1530. The number of hydrogen-bond acceptors (Lipinski definition) is 8. The third-order valence-corrected chi connectivity index (χ3v) is 10.0. The number of thioether (sulfide) groups is 1. The van der Waals surface area contributed by atoms with Gasteiger partial charge in [0.15, 0.2) is 0 Å². The maximum Gasteiger partial charge on any atom is 0.328 e. The summed E-state index contributed by atoms with van der Waals surface area (Å²) in [5.74, 6) is -1.31. The van der Waals surface area contributed by atoms with E-state index in [1.165, 1.54) is 11.8 Å². The van der Waals surface area contributed by atoms with Gasteiger partial charge >= 0.3 is 5.97 Å². The van der Waals surface area contributed by atoms with Gasteiger partial charge in [0.1, 0.15) is 12.1 Å². The van der Waals surface area contributed by atoms with Crippen LogP contribution < -0.4 is 16.0 Å². The highest BCUT2D eigenvalue weighted by atomic mass is 32.2. The molecule has 0 spiro atoms. The molecule has 3 aliphatic rings. The molecule has 1 aliphatic carbocycles. The maximum atomic E-state index is 13.2. The summed E-state index contributed by atoms with van der Waals surface area (Å²) in [5.41, 5.74) is 3.65. The predicted molar refractivity (Wildman–Crippen MR) is 193 cm³/mol. The molecule has 4 rings (SSSR count). The molecule has 11 heteroatoms. The molecule has 3 amide bonds. The number of fused-ring (bicyclic) bond motifs is 4. The fourth-order valence-electron chi connectivity index (χ4n) is 5.94. The van der Waals surface area contributed by atoms with Crippen LogP contribution in [0.2, 0.25) is 0 Å². The lowest BCUT2D eigenvalue weighted by atomic mass is 9.90. The largest absolute Gasteiger partial charge is 0.460 e. The summed E-state index contributed by atoms with van der Waals surface area (Å²) in [6.07, 6.45) is 18.0. The van der Waals surface area contributed by atoms with Gasteiger partial charge in [0.2, 0.25) is 17.7 Å². The minimum Gasteiger partial charge on any atom is -0.460 e. The van der Waals surface area contributed by atoms with Crippen molar-refractivity contribution in [3.05, 3.63) is 77.5 Å². The predicted octanol–water partition coefficient (Wildman–Crippen LogP) is 5.94. The maximum absolute atomic E-state index is 13.2. The van der Waals surface area contributed by atoms with Gasteiger partial charge in [-0.2, -0.15) is 0 Å². The second-order valence-corrected chi connectivity index (χ2v) is 13.7. The second kappa shape index (κ2) is 18.7. The fourth-order valence-corrected chi connectivity index (χ4v) is 6.82. The summed E-state index contributed by atoms with van der Waals surface area (Å²) in [5, 5.41) is 20.1. The molecule has 5 atom stereocenters. The number of ether oxygens (including phenoxy) is 2. The van der Waals surface area contributed by atoms with Crippen molar-refractivity contribution in [2.75, 3.05) is 23.5 Å². The van der Waals surface area contributed by atoms with Crippen molar-refractivity contribution in [3.8, 4) is 0 Å². The first-order valence-electron chi connectivity index (χ1n) is 17.0. The standard InChI is InChI=1S/C38H49N3O7S/c1-24-14-13-15-27-20-30(36-31(21-27)41-34(43)23-49-36)40-33(42)22-29(47-4)18-11-6-5-7-12-19-32(25(2)35(24)44)48-38(46)26(3)39-37(45)28-16-9-8-10-17-28/h5-7,11-12,14,16,18,20-21,25-26,29,32,35,44H,8-10,13,15,17,19,22-23H2,1-4H3,(H,39,45)(H,40,42)(H,41,43)/b6-5+,12-7+,18-11+,24-14-/t25-,26+,29-,32-,35-/m0/s1. The molecule has 2 heterocycles. The number of aliphatic hydroxyl groups excluding tert-OH is 1. The van der Waals surface area contributed by atoms with Gasteiger partial charge in [0.25, 0.3) is 0 Å². The number of aliphatic hydroxyl groups is 1. The summed E-state index contributed by atoms with van der Waals surface area (Å²) in [6.45, 7) is 5.31. The highest BCUT2D eigenvalue weighted by Gasteiger charge is 2.30. The molecule has 0 unspecified atom stereocenters. The lowest BCUT2D eigenvalue weighted by molar-refractivity contribution is -0.156. The molecule has 2 bridgehead atoms. The Morgan fingerprint density at radius 2 is 1.73 bits per heavy atom. The monoisotopic (exact) mass is 691 g/mol. The molecule has 4 N–H and O–H groups in total. The number of nitrogens with one attached hydrogen (secondary N) is 3. The topological polar surface area (TPSA) is 143 Å². The number of rotatable bonds is 5. The Balaban J connectivity index is 1.55. The molecule has 264 valence electrons. The Morgan fingerprint density at radius 1 is 1.00 bits per heavy atom. The van der Waals surface area contributed by atoms with Crippen LogP contribution in [0.3, 0.4) is 0 Å². The smallest absolute Gasteiger partial charge is 0.328 e. The molecule has 0 fully saturated rings. The van der Waals surface area contributed by atoms with E-state index in [2.05, 4.69) is 16.0 Å². The van der Waals surface area contributed by atoms with Crippen molar-refractivity contribution in [1.82, 2.24) is 5.32 Å². The molecule has 0 radical (unpaired) electrons. The molecule has 0 saturated carbocycles. The zero-order chi connectivity index (χ0) is 35.3. The Hall–Kier alpha value is -3.93. The van der Waals surface area contributed by atoms with Crippen LogP contribution in [0, 0.1) is 5.92 Å². The van der Waals surface area contributed by atoms with E-state index in [-0.39, 0.29) is 29.9 Å². The van der Waals surface area contributed by atoms with Crippen LogP contribution in [-0.4, -0.2) is 66.0 Å². The third kappa shape index (κ3) is 11.3. The third-order valence-electron chi connectivity index (χ3n) is 8.90. The van der Waals surface area contributed by atoms with Crippen molar-refractivity contribution >= 4 is 46.8 Å². The zero-order valence-corrected chi connectivity index (χ0v) is 29.6. The number of carbonyl (C=O) groups is 4. The molecular weight excluding hydrogens is 642 g/mol. The van der Waals surface area contributed by atoms with E-state index in [4.69, 9.17) is 9.47 Å². The molecule has 0 aromatic heterocycles. The summed E-state index contributed by atoms with van der Waals surface area (Å²) < 4.78 is 11.5. The summed E-state index contributed by atoms with van der Waals surface area (Å²) in [4.78, 5) is 52.0. The number of aryl methyl sites for hydroxylation is 1. The highest BCUT2D eigenvalue weighted by molar-refractivity contribution is 8.00. The first-order chi connectivity index (χ1) is 23.5. The first-order valence-corrected chi connectivity index (χ1v) is 18.0. The van der Waals surface area contributed by atoms with Crippen LogP contribution in [0.5, 0.6) is 0 Å². The van der Waals surface area contributed by atoms with E-state index in [9.17, 15) is 24.3 Å². The number of amides is 3. The Kier molecular flexibility index (Phi) is 14.5. The average molecular weight is 692 g/mol. The highest BCUT2D eigenvalue weighted by Crippen LogP contribution is 2.39. The molecule has 10 nitrogen and oxygen atoms in total. The zero-order valence-electron chi connectivity index (χ0n) is 28.8. The first kappa shape index (κ1) is 37.9. The van der Waals surface area contributed by atoms with Gasteiger partial charge in [0.05, 0.1) is 40.7 Å². The molecule has 49 heavy (non-hydrogen) atoms. The van der Waals surface area contributed by atoms with Crippen molar-refractivity contribution < 1.29 is 33.8 Å². The minimum atomic E-state index is -0.892. The number of hydrogen-bond donors (Lipinski definition) is 4. The SMILES string of the molecule is CO[C@H]1/C=C/C=C/C=C/C[C@H](OC(=O)[C@@H](C)NC(=O)C2=CCCCC2)[C@H](C)[C@@H](O)/C(C)=C\CCc2cc3c(c(c2)NC(=O)C1)SCC(=O)N3. The molecule has 1 aromatic carbocycles. The summed E-state index contributed by atoms with van der Waals surface area (Å²) >= 11 is 1.39. The van der Waals surface area contributed by atoms with Crippen molar-refractivity contribution in [3.63, 3.8) is 0 Å². The van der Waals surface area contributed by atoms with Crippen molar-refractivity contribution in [2.45, 2.75) is 101 Å². The number of anilines is 2. The van der Waals surface area contributed by atoms with Crippen LogP contribution in [0.4, 0.5) is 11.4 Å². The van der Waals surface area contributed by atoms with E-state index < -0.39 is 36.2 Å². The van der Waals surface area contributed by atoms with Crippen molar-refractivity contribution in [1.29, 1.82) is 0 Å². The van der Waals surface area contributed by atoms with E-state index in [1.54, 1.807) is 26.2 Å². The van der Waals surface area contributed by atoms with Crippen LogP contribution in [0.15, 0.2) is 76.8 Å². The lowest BCUT2D eigenvalue weighted by Gasteiger charge is -2.29. The number of methoxy groups -OCH3 is 1.